The van der Waals surface area contributed by atoms with Gasteiger partial charge in [0.15, 0.2) is 0 Å². The highest BCUT2D eigenvalue weighted by molar-refractivity contribution is 6.29. The van der Waals surface area contributed by atoms with E-state index >= 15 is 0 Å². The van der Waals surface area contributed by atoms with Gasteiger partial charge in [-0.15, -0.1) is 0 Å². The fraction of sp³-hybridized carbons (Fsp3) is 0.500. The van der Waals surface area contributed by atoms with Crippen molar-refractivity contribution in [1.82, 2.24) is 14.9 Å². The Balaban J connectivity index is 2.23. The molecule has 10 heavy (non-hydrogen) atoms. The van der Waals surface area contributed by atoms with Gasteiger partial charge >= 0.3 is 0 Å². The van der Waals surface area contributed by atoms with Gasteiger partial charge in [-0.05, 0) is 0 Å². The summed E-state index contributed by atoms with van der Waals surface area (Å²) in [6.07, 6.45) is 3.44. The van der Waals surface area contributed by atoms with E-state index in [1.807, 2.05) is 4.57 Å². The Morgan fingerprint density at radius 2 is 2.50 bits per heavy atom. The second-order valence-electron chi connectivity index (χ2n) is 2.44. The Labute approximate surface area is 64.0 Å². The standard InChI is InChI=1S/C6H8ClN3/c7-6-3-9-4-10(6)5-1-8-2-5/h3-5,8H,1-2H2. The molecule has 1 saturated heterocycles. The smallest absolute Gasteiger partial charge is 0.128 e. The number of hydrogen-bond donors (Lipinski definition) is 1. The van der Waals surface area contributed by atoms with Gasteiger partial charge in [-0.3, -0.25) is 0 Å². The molecule has 1 fully saturated rings. The lowest BCUT2D eigenvalue weighted by molar-refractivity contribution is 0.343. The van der Waals surface area contributed by atoms with Gasteiger partial charge in [0.1, 0.15) is 5.15 Å². The van der Waals surface area contributed by atoms with Crippen LogP contribution in [0.1, 0.15) is 6.04 Å². The summed E-state index contributed by atoms with van der Waals surface area (Å²) in [7, 11) is 0. The van der Waals surface area contributed by atoms with Crippen LogP contribution >= 0.6 is 11.6 Å². The minimum atomic E-state index is 0.523. The van der Waals surface area contributed by atoms with E-state index in [1.165, 1.54) is 0 Å². The molecule has 2 heterocycles. The molecule has 0 aliphatic carbocycles. The molecule has 1 aliphatic rings. The molecule has 4 heteroatoms. The van der Waals surface area contributed by atoms with Crippen molar-refractivity contribution in [3.8, 4) is 0 Å². The van der Waals surface area contributed by atoms with E-state index in [0.29, 0.717) is 6.04 Å². The van der Waals surface area contributed by atoms with Crippen LogP contribution in [0.2, 0.25) is 5.15 Å². The number of hydrogen-bond acceptors (Lipinski definition) is 2. The first-order valence-corrected chi connectivity index (χ1v) is 3.64. The van der Waals surface area contributed by atoms with Crippen molar-refractivity contribution in [3.63, 3.8) is 0 Å². The van der Waals surface area contributed by atoms with E-state index in [4.69, 9.17) is 11.6 Å². The normalized spacial score (nSPS) is 18.9. The van der Waals surface area contributed by atoms with E-state index in [-0.39, 0.29) is 0 Å². The fourth-order valence-electron chi connectivity index (χ4n) is 1.03. The summed E-state index contributed by atoms with van der Waals surface area (Å²) in [5.41, 5.74) is 0. The number of imidazole rings is 1. The third-order valence-corrected chi connectivity index (χ3v) is 2.06. The number of nitrogens with one attached hydrogen (secondary N) is 1. The summed E-state index contributed by atoms with van der Waals surface area (Å²) < 4.78 is 1.98. The molecule has 0 saturated carbocycles. The lowest BCUT2D eigenvalue weighted by Crippen LogP contribution is -2.43. The van der Waals surface area contributed by atoms with Crippen LogP contribution in [-0.2, 0) is 0 Å². The van der Waals surface area contributed by atoms with Crippen molar-refractivity contribution in [2.45, 2.75) is 6.04 Å². The summed E-state index contributed by atoms with van der Waals surface area (Å²) in [6.45, 7) is 2.02. The van der Waals surface area contributed by atoms with Crippen molar-refractivity contribution in [1.29, 1.82) is 0 Å². The van der Waals surface area contributed by atoms with E-state index in [2.05, 4.69) is 10.3 Å². The number of nitrogens with zero attached hydrogens (tertiary/aromatic N) is 2. The predicted octanol–water partition coefficient (Wildman–Crippen LogP) is 0.681. The second-order valence-corrected chi connectivity index (χ2v) is 2.82. The van der Waals surface area contributed by atoms with Gasteiger partial charge in [0.25, 0.3) is 0 Å². The Morgan fingerprint density at radius 3 is 2.90 bits per heavy atom. The third-order valence-electron chi connectivity index (χ3n) is 1.77. The molecule has 1 aromatic rings. The van der Waals surface area contributed by atoms with Crippen LogP contribution in [0.5, 0.6) is 0 Å². The first kappa shape index (κ1) is 6.19. The van der Waals surface area contributed by atoms with E-state index in [0.717, 1.165) is 18.2 Å². The Morgan fingerprint density at radius 1 is 1.70 bits per heavy atom. The monoisotopic (exact) mass is 157 g/mol. The van der Waals surface area contributed by atoms with Crippen molar-refractivity contribution in [3.05, 3.63) is 17.7 Å². The van der Waals surface area contributed by atoms with Crippen LogP contribution in [0, 0.1) is 0 Å². The van der Waals surface area contributed by atoms with E-state index in [9.17, 15) is 0 Å². The highest BCUT2D eigenvalue weighted by atomic mass is 35.5. The Kier molecular flexibility index (Phi) is 1.39. The molecule has 0 radical (unpaired) electrons. The molecular formula is C6H8ClN3. The van der Waals surface area contributed by atoms with Crippen LogP contribution in [0.25, 0.3) is 0 Å². The second kappa shape index (κ2) is 2.25. The third kappa shape index (κ3) is 0.822. The highest BCUT2D eigenvalue weighted by Crippen LogP contribution is 2.17. The quantitative estimate of drug-likeness (QED) is 0.650. The number of aromatic nitrogens is 2. The SMILES string of the molecule is Clc1cncn1C1CNC1. The van der Waals surface area contributed by atoms with Gasteiger partial charge in [0.2, 0.25) is 0 Å². The number of rotatable bonds is 1. The van der Waals surface area contributed by atoms with E-state index in [1.54, 1.807) is 12.5 Å². The molecule has 54 valence electrons. The predicted molar refractivity (Wildman–Crippen MR) is 39.1 cm³/mol. The van der Waals surface area contributed by atoms with Crippen LogP contribution in [0.3, 0.4) is 0 Å². The van der Waals surface area contributed by atoms with Gasteiger partial charge in [-0.2, -0.15) is 0 Å². The van der Waals surface area contributed by atoms with Crippen LogP contribution in [0.15, 0.2) is 12.5 Å². The molecule has 0 aromatic carbocycles. The number of halogens is 1. The highest BCUT2D eigenvalue weighted by Gasteiger charge is 2.19. The lowest BCUT2D eigenvalue weighted by Gasteiger charge is -2.28. The minimum Gasteiger partial charge on any atom is -0.316 e. The van der Waals surface area contributed by atoms with Gasteiger partial charge in [-0.25, -0.2) is 4.98 Å². The van der Waals surface area contributed by atoms with Crippen LogP contribution in [0.4, 0.5) is 0 Å². The molecule has 1 aromatic heterocycles. The molecular weight excluding hydrogens is 150 g/mol. The summed E-state index contributed by atoms with van der Waals surface area (Å²) in [5, 5.41) is 3.90. The molecule has 0 bridgehead atoms. The van der Waals surface area contributed by atoms with Crippen molar-refractivity contribution in [2.24, 2.45) is 0 Å². The maximum Gasteiger partial charge on any atom is 0.128 e. The lowest BCUT2D eigenvalue weighted by atomic mass is 10.2. The van der Waals surface area contributed by atoms with Gasteiger partial charge in [0, 0.05) is 13.1 Å². The zero-order valence-electron chi connectivity index (χ0n) is 5.42. The first-order chi connectivity index (χ1) is 4.88. The Hall–Kier alpha value is -0.540. The maximum absolute atomic E-state index is 5.82. The average Bonchev–Trinajstić information content (AvgIpc) is 2.12. The van der Waals surface area contributed by atoms with E-state index < -0.39 is 0 Å². The van der Waals surface area contributed by atoms with Gasteiger partial charge in [0.05, 0.1) is 18.6 Å². The largest absolute Gasteiger partial charge is 0.316 e. The molecule has 3 nitrogen and oxygen atoms in total. The minimum absolute atomic E-state index is 0.523. The topological polar surface area (TPSA) is 29.9 Å². The van der Waals surface area contributed by atoms with Crippen molar-refractivity contribution < 1.29 is 0 Å². The van der Waals surface area contributed by atoms with Crippen LogP contribution in [-0.4, -0.2) is 22.6 Å². The molecule has 1 N–H and O–H groups in total. The summed E-state index contributed by atoms with van der Waals surface area (Å²) in [4.78, 5) is 3.93. The summed E-state index contributed by atoms with van der Waals surface area (Å²) in [5.74, 6) is 0. The molecule has 0 atom stereocenters. The van der Waals surface area contributed by atoms with Crippen molar-refractivity contribution in [2.75, 3.05) is 13.1 Å². The zero-order valence-corrected chi connectivity index (χ0v) is 6.17. The molecule has 2 rings (SSSR count). The molecule has 0 unspecified atom stereocenters. The van der Waals surface area contributed by atoms with Gasteiger partial charge < -0.3 is 9.88 Å². The fourth-order valence-corrected chi connectivity index (χ4v) is 1.27. The van der Waals surface area contributed by atoms with Crippen molar-refractivity contribution >= 4 is 11.6 Å². The van der Waals surface area contributed by atoms with Crippen LogP contribution < -0.4 is 5.32 Å². The molecule has 1 aliphatic heterocycles. The molecule has 0 spiro atoms. The first-order valence-electron chi connectivity index (χ1n) is 3.26. The zero-order chi connectivity index (χ0) is 6.97. The summed E-state index contributed by atoms with van der Waals surface area (Å²) in [6, 6.07) is 0.523. The average molecular weight is 158 g/mol. The summed E-state index contributed by atoms with van der Waals surface area (Å²) >= 11 is 5.82. The Bertz CT molecular complexity index is 229. The molecule has 0 amide bonds. The van der Waals surface area contributed by atoms with Gasteiger partial charge in [-0.1, -0.05) is 11.6 Å². The maximum atomic E-state index is 5.82.